The summed E-state index contributed by atoms with van der Waals surface area (Å²) in [7, 11) is 0. The number of rotatable bonds is 2. The van der Waals surface area contributed by atoms with Crippen LogP contribution in [-0.4, -0.2) is 11.1 Å². The molecule has 0 saturated carbocycles. The molecule has 2 aromatic carbocycles. The lowest BCUT2D eigenvalue weighted by Crippen LogP contribution is -2.03. The molecule has 2 rings (SSSR count). The summed E-state index contributed by atoms with van der Waals surface area (Å²) >= 11 is 0. The quantitative estimate of drug-likeness (QED) is 0.878. The predicted octanol–water partition coefficient (Wildman–Crippen LogP) is 3.06. The molecule has 1 N–H and O–H groups in total. The van der Waals surface area contributed by atoms with Crippen molar-refractivity contribution in [1.29, 1.82) is 5.26 Å². The van der Waals surface area contributed by atoms with Crippen molar-refractivity contribution in [2.24, 2.45) is 0 Å². The number of carbonyl (C=O) groups is 1. The Bertz CT molecular complexity index is 645. The number of carboxylic acids is 1. The van der Waals surface area contributed by atoms with E-state index < -0.39 is 11.8 Å². The lowest BCUT2D eigenvalue weighted by molar-refractivity contribution is 0.0696. The van der Waals surface area contributed by atoms with Gasteiger partial charge in [0.2, 0.25) is 0 Å². The number of nitriles is 1. The van der Waals surface area contributed by atoms with Crippen LogP contribution in [0.4, 0.5) is 4.39 Å². The number of hydrogen-bond donors (Lipinski definition) is 1. The van der Waals surface area contributed by atoms with Gasteiger partial charge in [0, 0.05) is 5.56 Å². The Labute approximate surface area is 103 Å². The molecule has 0 unspecified atom stereocenters. The Morgan fingerprint density at radius 3 is 2.44 bits per heavy atom. The molecule has 0 fully saturated rings. The van der Waals surface area contributed by atoms with E-state index in [1.807, 2.05) is 6.07 Å². The van der Waals surface area contributed by atoms with E-state index in [2.05, 4.69) is 0 Å². The number of nitrogens with zero attached hydrogens (tertiary/aromatic N) is 1. The molecular formula is C14H8FNO2. The van der Waals surface area contributed by atoms with Gasteiger partial charge in [-0.2, -0.15) is 5.26 Å². The molecule has 0 aliphatic heterocycles. The second-order valence-corrected chi connectivity index (χ2v) is 3.66. The number of aromatic carboxylic acids is 1. The van der Waals surface area contributed by atoms with Gasteiger partial charge in [-0.1, -0.05) is 30.3 Å². The molecule has 0 radical (unpaired) electrons. The van der Waals surface area contributed by atoms with E-state index in [4.69, 9.17) is 10.4 Å². The normalized spacial score (nSPS) is 9.78. The molecular weight excluding hydrogens is 233 g/mol. The zero-order valence-corrected chi connectivity index (χ0v) is 9.22. The van der Waals surface area contributed by atoms with Crippen molar-refractivity contribution in [2.75, 3.05) is 0 Å². The van der Waals surface area contributed by atoms with Crippen molar-refractivity contribution >= 4 is 5.97 Å². The Balaban J connectivity index is 2.76. The first kappa shape index (κ1) is 11.8. The van der Waals surface area contributed by atoms with Crippen LogP contribution in [0.1, 0.15) is 15.9 Å². The second kappa shape index (κ2) is 4.68. The Kier molecular flexibility index (Phi) is 3.07. The standard InChI is InChI=1S/C14H8FNO2/c15-10-6-11(9-4-2-1-3-5-9)13(8-16)12(7-10)14(17)18/h1-7H,(H,17,18). The third-order valence-corrected chi connectivity index (χ3v) is 2.53. The van der Waals surface area contributed by atoms with E-state index in [9.17, 15) is 9.18 Å². The van der Waals surface area contributed by atoms with Gasteiger partial charge in [0.1, 0.15) is 11.9 Å². The summed E-state index contributed by atoms with van der Waals surface area (Å²) in [6.07, 6.45) is 0. The molecule has 0 aromatic heterocycles. The van der Waals surface area contributed by atoms with Crippen molar-refractivity contribution in [3.8, 4) is 17.2 Å². The van der Waals surface area contributed by atoms with Crippen molar-refractivity contribution in [1.82, 2.24) is 0 Å². The minimum atomic E-state index is -1.32. The average Bonchev–Trinajstić information content (AvgIpc) is 2.38. The molecule has 0 amide bonds. The zero-order valence-electron chi connectivity index (χ0n) is 9.22. The maximum Gasteiger partial charge on any atom is 0.337 e. The largest absolute Gasteiger partial charge is 0.478 e. The lowest BCUT2D eigenvalue weighted by Gasteiger charge is -2.07. The maximum atomic E-state index is 13.4. The van der Waals surface area contributed by atoms with Crippen molar-refractivity contribution < 1.29 is 14.3 Å². The van der Waals surface area contributed by atoms with Crippen LogP contribution < -0.4 is 0 Å². The summed E-state index contributed by atoms with van der Waals surface area (Å²) in [6, 6.07) is 12.5. The summed E-state index contributed by atoms with van der Waals surface area (Å²) in [5.74, 6) is -1.99. The Morgan fingerprint density at radius 1 is 1.22 bits per heavy atom. The highest BCUT2D eigenvalue weighted by Crippen LogP contribution is 2.27. The lowest BCUT2D eigenvalue weighted by atomic mass is 9.96. The fourth-order valence-corrected chi connectivity index (χ4v) is 1.74. The summed E-state index contributed by atoms with van der Waals surface area (Å²) in [4.78, 5) is 11.0. The maximum absolute atomic E-state index is 13.4. The molecule has 0 bridgehead atoms. The van der Waals surface area contributed by atoms with Gasteiger partial charge >= 0.3 is 5.97 Å². The molecule has 0 atom stereocenters. The predicted molar refractivity (Wildman–Crippen MR) is 63.5 cm³/mol. The third kappa shape index (κ3) is 2.06. The molecule has 3 nitrogen and oxygen atoms in total. The smallest absolute Gasteiger partial charge is 0.337 e. The van der Waals surface area contributed by atoms with E-state index >= 15 is 0 Å². The van der Waals surface area contributed by atoms with Crippen LogP contribution in [0.3, 0.4) is 0 Å². The van der Waals surface area contributed by atoms with E-state index in [1.165, 1.54) is 6.07 Å². The van der Waals surface area contributed by atoms with Crippen LogP contribution in [0.15, 0.2) is 42.5 Å². The molecule has 0 spiro atoms. The van der Waals surface area contributed by atoms with E-state index in [-0.39, 0.29) is 16.7 Å². The number of benzene rings is 2. The molecule has 18 heavy (non-hydrogen) atoms. The molecule has 0 heterocycles. The average molecular weight is 241 g/mol. The molecule has 4 heteroatoms. The van der Waals surface area contributed by atoms with Crippen LogP contribution in [0.2, 0.25) is 0 Å². The minimum Gasteiger partial charge on any atom is -0.478 e. The van der Waals surface area contributed by atoms with E-state index in [1.54, 1.807) is 30.3 Å². The number of halogens is 1. The van der Waals surface area contributed by atoms with Crippen LogP contribution in [-0.2, 0) is 0 Å². The van der Waals surface area contributed by atoms with E-state index in [0.29, 0.717) is 5.56 Å². The van der Waals surface area contributed by atoms with Crippen molar-refractivity contribution in [3.05, 3.63) is 59.4 Å². The fourth-order valence-electron chi connectivity index (χ4n) is 1.74. The van der Waals surface area contributed by atoms with Crippen molar-refractivity contribution in [3.63, 3.8) is 0 Å². The van der Waals surface area contributed by atoms with Crippen LogP contribution in [0.25, 0.3) is 11.1 Å². The highest BCUT2D eigenvalue weighted by atomic mass is 19.1. The highest BCUT2D eigenvalue weighted by Gasteiger charge is 2.17. The minimum absolute atomic E-state index is 0.0323. The summed E-state index contributed by atoms with van der Waals surface area (Å²) in [5, 5.41) is 18.0. The zero-order chi connectivity index (χ0) is 13.1. The molecule has 0 saturated heterocycles. The third-order valence-electron chi connectivity index (χ3n) is 2.53. The highest BCUT2D eigenvalue weighted by molar-refractivity contribution is 5.93. The summed E-state index contributed by atoms with van der Waals surface area (Å²) in [6.45, 7) is 0. The first-order chi connectivity index (χ1) is 8.63. The number of carboxylic acid groups (broad SMARTS) is 1. The van der Waals surface area contributed by atoms with Gasteiger partial charge in [0.15, 0.2) is 0 Å². The second-order valence-electron chi connectivity index (χ2n) is 3.66. The van der Waals surface area contributed by atoms with Gasteiger partial charge in [-0.05, 0) is 17.7 Å². The van der Waals surface area contributed by atoms with Gasteiger partial charge < -0.3 is 5.11 Å². The van der Waals surface area contributed by atoms with Gasteiger partial charge in [0.25, 0.3) is 0 Å². The van der Waals surface area contributed by atoms with Gasteiger partial charge in [-0.25, -0.2) is 9.18 Å². The summed E-state index contributed by atoms with van der Waals surface area (Å²) < 4.78 is 13.4. The fraction of sp³-hybridized carbons (Fsp3) is 0. The Morgan fingerprint density at radius 2 is 1.89 bits per heavy atom. The van der Waals surface area contributed by atoms with E-state index in [0.717, 1.165) is 6.07 Å². The first-order valence-corrected chi connectivity index (χ1v) is 5.16. The topological polar surface area (TPSA) is 61.1 Å². The molecule has 0 aliphatic carbocycles. The van der Waals surface area contributed by atoms with Crippen LogP contribution in [0, 0.1) is 17.1 Å². The Hall–Kier alpha value is -2.67. The molecule has 88 valence electrons. The molecule has 0 aliphatic rings. The van der Waals surface area contributed by atoms with Gasteiger partial charge in [0.05, 0.1) is 11.1 Å². The summed E-state index contributed by atoms with van der Waals surface area (Å²) in [5.41, 5.74) is 0.540. The monoisotopic (exact) mass is 241 g/mol. The first-order valence-electron chi connectivity index (χ1n) is 5.16. The SMILES string of the molecule is N#Cc1c(C(=O)O)cc(F)cc1-c1ccccc1. The van der Waals surface area contributed by atoms with Crippen LogP contribution in [0.5, 0.6) is 0 Å². The van der Waals surface area contributed by atoms with Gasteiger partial charge in [-0.15, -0.1) is 0 Å². The van der Waals surface area contributed by atoms with Gasteiger partial charge in [-0.3, -0.25) is 0 Å². The van der Waals surface area contributed by atoms with Crippen LogP contribution >= 0.6 is 0 Å². The number of hydrogen-bond acceptors (Lipinski definition) is 2. The van der Waals surface area contributed by atoms with Crippen molar-refractivity contribution in [2.45, 2.75) is 0 Å². The molecule has 2 aromatic rings.